The van der Waals surface area contributed by atoms with Gasteiger partial charge in [0.05, 0.1) is 10.6 Å². The van der Waals surface area contributed by atoms with Crippen molar-refractivity contribution in [1.82, 2.24) is 5.32 Å². The Hall–Kier alpha value is -0.870. The van der Waals surface area contributed by atoms with Gasteiger partial charge in [-0.15, -0.1) is 0 Å². The highest BCUT2D eigenvalue weighted by atomic mass is 32.2. The molecule has 0 saturated heterocycles. The molecule has 0 aliphatic carbocycles. The normalized spacial score (nSPS) is 13.7. The molecule has 0 amide bonds. The van der Waals surface area contributed by atoms with E-state index in [2.05, 4.69) is 19.2 Å². The van der Waals surface area contributed by atoms with Crippen LogP contribution in [0.25, 0.3) is 0 Å². The average molecular weight is 283 g/mol. The van der Waals surface area contributed by atoms with Crippen LogP contribution in [0.15, 0.2) is 29.2 Å². The molecule has 0 radical (unpaired) electrons. The first-order chi connectivity index (χ1) is 8.90. The fourth-order valence-electron chi connectivity index (χ4n) is 2.03. The fourth-order valence-corrected chi connectivity index (χ4v) is 3.66. The molecule has 4 heteroatoms. The first-order valence-corrected chi connectivity index (χ1v) is 8.62. The predicted octanol–water partition coefficient (Wildman–Crippen LogP) is 2.97. The maximum Gasteiger partial charge on any atom is 0.179 e. The number of sulfone groups is 1. The van der Waals surface area contributed by atoms with Crippen LogP contribution in [0.2, 0.25) is 0 Å². The Bertz CT molecular complexity index is 477. The summed E-state index contributed by atoms with van der Waals surface area (Å²) in [5.41, 5.74) is 1.16. The first-order valence-electron chi connectivity index (χ1n) is 6.96. The maximum absolute atomic E-state index is 12.3. The summed E-state index contributed by atoms with van der Waals surface area (Å²) < 4.78 is 24.6. The van der Waals surface area contributed by atoms with Gasteiger partial charge in [0.25, 0.3) is 0 Å². The molecule has 1 aromatic carbocycles. The molecule has 0 aromatic heterocycles. The van der Waals surface area contributed by atoms with Crippen molar-refractivity contribution in [3.8, 4) is 0 Å². The van der Waals surface area contributed by atoms with E-state index in [0.29, 0.717) is 10.8 Å². The SMILES string of the molecule is CCNC(CC)CS(=O)(=O)c1ccc(C(C)C)cc1. The molecule has 0 bridgehead atoms. The van der Waals surface area contributed by atoms with E-state index in [1.54, 1.807) is 12.1 Å². The van der Waals surface area contributed by atoms with Crippen LogP contribution in [0.5, 0.6) is 0 Å². The highest BCUT2D eigenvalue weighted by Crippen LogP contribution is 2.18. The second-order valence-corrected chi connectivity index (χ2v) is 7.20. The van der Waals surface area contributed by atoms with E-state index in [0.717, 1.165) is 18.5 Å². The summed E-state index contributed by atoms with van der Waals surface area (Å²) in [5, 5.41) is 3.21. The predicted molar refractivity (Wildman–Crippen MR) is 80.3 cm³/mol. The summed E-state index contributed by atoms with van der Waals surface area (Å²) in [6.45, 7) is 8.99. The minimum atomic E-state index is -3.20. The number of nitrogens with one attached hydrogen (secondary N) is 1. The second-order valence-electron chi connectivity index (χ2n) is 5.17. The molecule has 1 aromatic rings. The van der Waals surface area contributed by atoms with Gasteiger partial charge in [0, 0.05) is 6.04 Å². The van der Waals surface area contributed by atoms with Crippen molar-refractivity contribution in [2.75, 3.05) is 12.3 Å². The molecule has 0 aliphatic rings. The summed E-state index contributed by atoms with van der Waals surface area (Å²) in [7, 11) is -3.20. The van der Waals surface area contributed by atoms with Crippen molar-refractivity contribution in [1.29, 1.82) is 0 Å². The van der Waals surface area contributed by atoms with E-state index in [1.165, 1.54) is 0 Å². The van der Waals surface area contributed by atoms with Crippen molar-refractivity contribution in [3.63, 3.8) is 0 Å². The Kier molecular flexibility index (Phi) is 6.01. The van der Waals surface area contributed by atoms with Gasteiger partial charge in [0.1, 0.15) is 0 Å². The van der Waals surface area contributed by atoms with E-state index in [1.807, 2.05) is 26.0 Å². The fraction of sp³-hybridized carbons (Fsp3) is 0.600. The monoisotopic (exact) mass is 283 g/mol. The van der Waals surface area contributed by atoms with Gasteiger partial charge < -0.3 is 5.32 Å². The molecule has 0 fully saturated rings. The van der Waals surface area contributed by atoms with E-state index < -0.39 is 9.84 Å². The van der Waals surface area contributed by atoms with Gasteiger partial charge in [-0.25, -0.2) is 8.42 Å². The van der Waals surface area contributed by atoms with Gasteiger partial charge >= 0.3 is 0 Å². The maximum atomic E-state index is 12.3. The highest BCUT2D eigenvalue weighted by molar-refractivity contribution is 7.91. The van der Waals surface area contributed by atoms with Crippen LogP contribution in [-0.2, 0) is 9.84 Å². The quantitative estimate of drug-likeness (QED) is 0.837. The Balaban J connectivity index is 2.87. The summed E-state index contributed by atoms with van der Waals surface area (Å²) in [6, 6.07) is 7.30. The summed E-state index contributed by atoms with van der Waals surface area (Å²) in [6.07, 6.45) is 0.817. The number of hydrogen-bond acceptors (Lipinski definition) is 3. The van der Waals surface area contributed by atoms with Crippen molar-refractivity contribution in [2.45, 2.75) is 51.0 Å². The van der Waals surface area contributed by atoms with Gasteiger partial charge in [0.2, 0.25) is 0 Å². The second kappa shape index (κ2) is 7.06. The average Bonchev–Trinajstić information content (AvgIpc) is 2.38. The van der Waals surface area contributed by atoms with E-state index in [-0.39, 0.29) is 11.8 Å². The number of benzene rings is 1. The lowest BCUT2D eigenvalue weighted by atomic mass is 10.0. The largest absolute Gasteiger partial charge is 0.313 e. The van der Waals surface area contributed by atoms with Crippen LogP contribution < -0.4 is 5.32 Å². The summed E-state index contributed by atoms with van der Waals surface area (Å²) >= 11 is 0. The lowest BCUT2D eigenvalue weighted by molar-refractivity contribution is 0.533. The van der Waals surface area contributed by atoms with Crippen LogP contribution in [-0.4, -0.2) is 26.8 Å². The Morgan fingerprint density at radius 2 is 1.68 bits per heavy atom. The lowest BCUT2D eigenvalue weighted by Gasteiger charge is -2.16. The van der Waals surface area contributed by atoms with Crippen molar-refractivity contribution in [3.05, 3.63) is 29.8 Å². The van der Waals surface area contributed by atoms with E-state index in [9.17, 15) is 8.42 Å². The number of hydrogen-bond donors (Lipinski definition) is 1. The standard InChI is InChI=1S/C15H25NO2S/c1-5-14(16-6-2)11-19(17,18)15-9-7-13(8-10-15)12(3)4/h7-10,12,14,16H,5-6,11H2,1-4H3. The molecule has 0 saturated carbocycles. The first kappa shape index (κ1) is 16.2. The zero-order valence-corrected chi connectivity index (χ0v) is 13.1. The molecule has 1 atom stereocenters. The molecule has 0 aliphatic heterocycles. The zero-order chi connectivity index (χ0) is 14.5. The van der Waals surface area contributed by atoms with Crippen molar-refractivity contribution in [2.24, 2.45) is 0 Å². The van der Waals surface area contributed by atoms with Crippen LogP contribution in [0.4, 0.5) is 0 Å². The molecule has 108 valence electrons. The van der Waals surface area contributed by atoms with Crippen molar-refractivity contribution >= 4 is 9.84 Å². The molecule has 1 unspecified atom stereocenters. The van der Waals surface area contributed by atoms with Crippen LogP contribution in [0, 0.1) is 0 Å². The van der Waals surface area contributed by atoms with Gasteiger partial charge in [-0.1, -0.05) is 39.8 Å². The summed E-state index contributed by atoms with van der Waals surface area (Å²) in [4.78, 5) is 0.424. The molecule has 1 rings (SSSR count). The molecule has 0 spiro atoms. The molecular formula is C15H25NO2S. The molecule has 3 nitrogen and oxygen atoms in total. The van der Waals surface area contributed by atoms with E-state index >= 15 is 0 Å². The van der Waals surface area contributed by atoms with Crippen molar-refractivity contribution < 1.29 is 8.42 Å². The molecule has 19 heavy (non-hydrogen) atoms. The highest BCUT2D eigenvalue weighted by Gasteiger charge is 2.19. The van der Waals surface area contributed by atoms with E-state index in [4.69, 9.17) is 0 Å². The number of rotatable bonds is 7. The molecule has 1 N–H and O–H groups in total. The Labute approximate surface area is 117 Å². The van der Waals surface area contributed by atoms with Crippen LogP contribution in [0.1, 0.15) is 45.6 Å². The van der Waals surface area contributed by atoms with Crippen LogP contribution >= 0.6 is 0 Å². The van der Waals surface area contributed by atoms with Gasteiger partial charge in [0.15, 0.2) is 9.84 Å². The molecular weight excluding hydrogens is 258 g/mol. The Morgan fingerprint density at radius 3 is 2.11 bits per heavy atom. The zero-order valence-electron chi connectivity index (χ0n) is 12.3. The lowest BCUT2D eigenvalue weighted by Crippen LogP contribution is -2.34. The third-order valence-corrected chi connectivity index (χ3v) is 5.14. The minimum absolute atomic E-state index is 0.0276. The van der Waals surface area contributed by atoms with Crippen LogP contribution in [0.3, 0.4) is 0 Å². The third-order valence-electron chi connectivity index (χ3n) is 3.31. The molecule has 0 heterocycles. The topological polar surface area (TPSA) is 46.2 Å². The van der Waals surface area contributed by atoms with Gasteiger partial charge in [-0.2, -0.15) is 0 Å². The minimum Gasteiger partial charge on any atom is -0.313 e. The van der Waals surface area contributed by atoms with Gasteiger partial charge in [-0.05, 0) is 36.6 Å². The smallest absolute Gasteiger partial charge is 0.179 e. The Morgan fingerprint density at radius 1 is 1.11 bits per heavy atom. The third kappa shape index (κ3) is 4.62. The summed E-state index contributed by atoms with van der Waals surface area (Å²) in [5.74, 6) is 0.583. The van der Waals surface area contributed by atoms with Gasteiger partial charge in [-0.3, -0.25) is 0 Å².